The fraction of sp³-hybridized carbons (Fsp3) is 0.200. The Morgan fingerprint density at radius 3 is 1.29 bits per heavy atom. The van der Waals surface area contributed by atoms with Gasteiger partial charge in [0.2, 0.25) is 0 Å². The van der Waals surface area contributed by atoms with Crippen LogP contribution in [0.3, 0.4) is 0 Å². The molecule has 0 amide bonds. The summed E-state index contributed by atoms with van der Waals surface area (Å²) in [6.07, 6.45) is -4.19. The predicted octanol–water partition coefficient (Wildman–Crippen LogP) is 4.61. The van der Waals surface area contributed by atoms with Crippen LogP contribution in [0.1, 0.15) is 23.3 Å². The number of hydrogen-bond donors (Lipinski definition) is 2. The zero-order chi connectivity index (χ0) is 15.6. The molecule has 2 N–H and O–H groups in total. The molecule has 2 aromatic carbocycles. The summed E-state index contributed by atoms with van der Waals surface area (Å²) in [7, 11) is 0. The van der Waals surface area contributed by atoms with Gasteiger partial charge in [0.05, 0.1) is 0 Å². The van der Waals surface area contributed by atoms with Crippen molar-refractivity contribution in [1.29, 1.82) is 0 Å². The topological polar surface area (TPSA) is 40.5 Å². The minimum Gasteiger partial charge on any atom is -0.382 e. The second kappa shape index (κ2) is 6.52. The molecule has 0 fully saturated rings. The number of halogens is 4. The summed E-state index contributed by atoms with van der Waals surface area (Å²) >= 11 is 6.39. The molecule has 0 saturated heterocycles. The smallest absolute Gasteiger partial charge is 0.306 e. The van der Waals surface area contributed by atoms with Crippen molar-refractivity contribution in [2.24, 2.45) is 0 Å². The van der Waals surface area contributed by atoms with Gasteiger partial charge >= 0.3 is 5.92 Å². The highest BCUT2D eigenvalue weighted by Crippen LogP contribution is 2.41. The zero-order valence-electron chi connectivity index (χ0n) is 10.7. The molecule has 2 aromatic rings. The van der Waals surface area contributed by atoms with Gasteiger partial charge in [0.1, 0.15) is 12.2 Å². The maximum Gasteiger partial charge on any atom is 0.306 e. The van der Waals surface area contributed by atoms with E-state index >= 15 is 0 Å². The molecule has 0 aliphatic heterocycles. The first-order chi connectivity index (χ1) is 9.82. The van der Waals surface area contributed by atoms with Gasteiger partial charge in [0.15, 0.2) is 0 Å². The fourth-order valence-electron chi connectivity index (χ4n) is 1.88. The van der Waals surface area contributed by atoms with Gasteiger partial charge in [-0.05, 0) is 35.4 Å². The van der Waals surface area contributed by atoms with E-state index < -0.39 is 18.1 Å². The van der Waals surface area contributed by atoms with Crippen LogP contribution in [-0.2, 0) is 0 Å². The summed E-state index contributed by atoms with van der Waals surface area (Å²) in [5.41, 5.74) is 0.0822. The molecule has 0 spiro atoms. The fourth-order valence-corrected chi connectivity index (χ4v) is 2.41. The number of aliphatic hydroxyl groups excluding tert-OH is 2. The summed E-state index contributed by atoms with van der Waals surface area (Å²) in [5.74, 6) is -3.71. The van der Waals surface area contributed by atoms with Crippen LogP contribution in [0, 0.1) is 0 Å². The molecule has 112 valence electrons. The van der Waals surface area contributed by atoms with Gasteiger partial charge in [0, 0.05) is 8.95 Å². The number of hydrogen-bond acceptors (Lipinski definition) is 2. The van der Waals surface area contributed by atoms with Crippen LogP contribution in [0.5, 0.6) is 0 Å². The maximum absolute atomic E-state index is 14.3. The van der Waals surface area contributed by atoms with Crippen LogP contribution in [0.25, 0.3) is 0 Å². The lowest BCUT2D eigenvalue weighted by molar-refractivity contribution is -0.181. The van der Waals surface area contributed by atoms with Crippen molar-refractivity contribution >= 4 is 31.9 Å². The van der Waals surface area contributed by atoms with Gasteiger partial charge in [0.25, 0.3) is 0 Å². The average molecular weight is 422 g/mol. The molecule has 0 aliphatic carbocycles. The second-order valence-electron chi connectivity index (χ2n) is 4.58. The van der Waals surface area contributed by atoms with Gasteiger partial charge in [-0.2, -0.15) is 0 Å². The van der Waals surface area contributed by atoms with E-state index in [2.05, 4.69) is 31.9 Å². The summed E-state index contributed by atoms with van der Waals surface area (Å²) < 4.78 is 30.0. The summed E-state index contributed by atoms with van der Waals surface area (Å²) in [4.78, 5) is 0. The summed E-state index contributed by atoms with van der Waals surface area (Å²) in [6.45, 7) is 0. The van der Waals surface area contributed by atoms with Crippen molar-refractivity contribution in [3.63, 3.8) is 0 Å². The molecule has 2 rings (SSSR count). The predicted molar refractivity (Wildman–Crippen MR) is 83.2 cm³/mol. The van der Waals surface area contributed by atoms with Crippen LogP contribution in [-0.4, -0.2) is 16.1 Å². The molecule has 0 aliphatic rings. The molecule has 0 aromatic heterocycles. The standard InChI is InChI=1S/C15H12Br2F2O2/c16-11-5-1-9(2-6-11)13(20)15(18,19)14(21)10-3-7-12(17)8-4-10/h1-8,13-14,20-21H/t13-,14-/m1/s1. The van der Waals surface area contributed by atoms with Crippen LogP contribution in [0.4, 0.5) is 8.78 Å². The Morgan fingerprint density at radius 1 is 0.714 bits per heavy atom. The molecule has 0 heterocycles. The van der Waals surface area contributed by atoms with Gasteiger partial charge in [-0.15, -0.1) is 0 Å². The molecule has 6 heteroatoms. The Hall–Kier alpha value is -0.820. The second-order valence-corrected chi connectivity index (χ2v) is 6.41. The number of alkyl halides is 2. The van der Waals surface area contributed by atoms with Gasteiger partial charge < -0.3 is 10.2 Å². The Bertz CT molecular complexity index is 547. The third-order valence-corrected chi connectivity index (χ3v) is 4.16. The van der Waals surface area contributed by atoms with Crippen molar-refractivity contribution in [2.45, 2.75) is 18.1 Å². The lowest BCUT2D eigenvalue weighted by Crippen LogP contribution is -2.33. The van der Waals surface area contributed by atoms with Gasteiger partial charge in [-0.25, -0.2) is 8.78 Å². The van der Waals surface area contributed by atoms with E-state index in [0.717, 1.165) is 8.95 Å². The lowest BCUT2D eigenvalue weighted by Gasteiger charge is -2.28. The third kappa shape index (κ3) is 3.69. The highest BCUT2D eigenvalue weighted by atomic mass is 79.9. The number of aliphatic hydroxyl groups is 2. The first kappa shape index (κ1) is 16.5. The van der Waals surface area contributed by atoms with Crippen molar-refractivity contribution in [2.75, 3.05) is 0 Å². The largest absolute Gasteiger partial charge is 0.382 e. The molecular weight excluding hydrogens is 410 g/mol. The molecule has 0 saturated carbocycles. The van der Waals surface area contributed by atoms with Crippen molar-refractivity contribution in [3.05, 3.63) is 68.6 Å². The average Bonchev–Trinajstić information content (AvgIpc) is 2.47. The molecule has 21 heavy (non-hydrogen) atoms. The Balaban J connectivity index is 2.27. The third-order valence-electron chi connectivity index (χ3n) is 3.10. The Morgan fingerprint density at radius 2 is 1.00 bits per heavy atom. The van der Waals surface area contributed by atoms with E-state index in [1.54, 1.807) is 24.3 Å². The van der Waals surface area contributed by atoms with E-state index in [4.69, 9.17) is 0 Å². The van der Waals surface area contributed by atoms with Crippen LogP contribution >= 0.6 is 31.9 Å². The van der Waals surface area contributed by atoms with Crippen LogP contribution < -0.4 is 0 Å². The van der Waals surface area contributed by atoms with Crippen molar-refractivity contribution in [3.8, 4) is 0 Å². The SMILES string of the molecule is O[C@H](c1ccc(Br)cc1)C(F)(F)[C@H](O)c1ccc(Br)cc1. The molecule has 0 unspecified atom stereocenters. The number of benzene rings is 2. The summed E-state index contributed by atoms with van der Waals surface area (Å²) in [6, 6.07) is 11.8. The quantitative estimate of drug-likeness (QED) is 0.756. The maximum atomic E-state index is 14.3. The molecule has 0 radical (unpaired) electrons. The van der Waals surface area contributed by atoms with Crippen LogP contribution in [0.2, 0.25) is 0 Å². The van der Waals surface area contributed by atoms with E-state index in [9.17, 15) is 19.0 Å². The van der Waals surface area contributed by atoms with Gasteiger partial charge in [-0.3, -0.25) is 0 Å². The van der Waals surface area contributed by atoms with E-state index in [0.29, 0.717) is 0 Å². The first-order valence-corrected chi connectivity index (χ1v) is 7.66. The normalized spacial score (nSPS) is 14.8. The number of rotatable bonds is 4. The van der Waals surface area contributed by atoms with E-state index in [1.807, 2.05) is 0 Å². The van der Waals surface area contributed by atoms with Crippen molar-refractivity contribution < 1.29 is 19.0 Å². The molecule has 0 bridgehead atoms. The molecule has 2 nitrogen and oxygen atoms in total. The summed E-state index contributed by atoms with van der Waals surface area (Å²) in [5, 5.41) is 19.8. The monoisotopic (exact) mass is 420 g/mol. The molecule has 2 atom stereocenters. The molecular formula is C15H12Br2F2O2. The first-order valence-electron chi connectivity index (χ1n) is 6.07. The Kier molecular flexibility index (Phi) is 5.14. The highest BCUT2D eigenvalue weighted by molar-refractivity contribution is 9.10. The van der Waals surface area contributed by atoms with Crippen LogP contribution in [0.15, 0.2) is 57.5 Å². The minimum atomic E-state index is -3.71. The Labute approximate surface area is 137 Å². The lowest BCUT2D eigenvalue weighted by atomic mass is 9.95. The zero-order valence-corrected chi connectivity index (χ0v) is 13.9. The van der Waals surface area contributed by atoms with Crippen molar-refractivity contribution in [1.82, 2.24) is 0 Å². The highest BCUT2D eigenvalue weighted by Gasteiger charge is 2.47. The van der Waals surface area contributed by atoms with E-state index in [1.165, 1.54) is 24.3 Å². The van der Waals surface area contributed by atoms with E-state index in [-0.39, 0.29) is 11.1 Å². The van der Waals surface area contributed by atoms with Gasteiger partial charge in [-0.1, -0.05) is 56.1 Å². The minimum absolute atomic E-state index is 0.0411.